The lowest BCUT2D eigenvalue weighted by Gasteiger charge is -2.23. The van der Waals surface area contributed by atoms with E-state index in [2.05, 4.69) is 22.3 Å². The number of amides is 1. The van der Waals surface area contributed by atoms with Crippen molar-refractivity contribution >= 4 is 16.7 Å². The van der Waals surface area contributed by atoms with Gasteiger partial charge in [-0.15, -0.1) is 0 Å². The highest BCUT2D eigenvalue weighted by Crippen LogP contribution is 2.37. The van der Waals surface area contributed by atoms with Crippen LogP contribution in [0.5, 0.6) is 0 Å². The second-order valence-corrected chi connectivity index (χ2v) is 6.43. The molecule has 2 aliphatic rings. The Morgan fingerprint density at radius 1 is 1.10 bits per heavy atom. The van der Waals surface area contributed by atoms with Crippen LogP contribution in [0.2, 0.25) is 0 Å². The molecule has 1 spiro atoms. The minimum absolute atomic E-state index is 0.190. The molecule has 0 radical (unpaired) electrons. The second kappa shape index (κ2) is 4.85. The number of hydrogen-bond donors (Lipinski definition) is 1. The fourth-order valence-electron chi connectivity index (χ4n) is 3.83. The number of carbonyl (C=O) groups is 1. The van der Waals surface area contributed by atoms with Gasteiger partial charge in [0.25, 0.3) is 5.91 Å². The zero-order valence-electron chi connectivity index (χ0n) is 12.1. The largest absolute Gasteiger partial charge is 0.338 e. The van der Waals surface area contributed by atoms with Gasteiger partial charge in [-0.3, -0.25) is 4.79 Å². The molecule has 2 aromatic carbocycles. The lowest BCUT2D eigenvalue weighted by Crippen LogP contribution is -2.33. The van der Waals surface area contributed by atoms with E-state index >= 15 is 0 Å². The number of nitrogens with one attached hydrogen (secondary N) is 1. The lowest BCUT2D eigenvalue weighted by atomic mass is 9.86. The van der Waals surface area contributed by atoms with Crippen LogP contribution in [-0.2, 0) is 0 Å². The summed E-state index contributed by atoms with van der Waals surface area (Å²) in [6.45, 7) is 3.95. The summed E-state index contributed by atoms with van der Waals surface area (Å²) in [5, 5.41) is 5.65. The van der Waals surface area contributed by atoms with Crippen molar-refractivity contribution in [1.82, 2.24) is 10.2 Å². The second-order valence-electron chi connectivity index (χ2n) is 6.43. The van der Waals surface area contributed by atoms with Crippen molar-refractivity contribution in [3.63, 3.8) is 0 Å². The first-order valence-electron chi connectivity index (χ1n) is 7.75. The molecule has 2 aliphatic heterocycles. The molecule has 2 aromatic rings. The van der Waals surface area contributed by atoms with Crippen LogP contribution in [0.3, 0.4) is 0 Å². The monoisotopic (exact) mass is 280 g/mol. The maximum Gasteiger partial charge on any atom is 0.254 e. The van der Waals surface area contributed by atoms with Crippen molar-refractivity contribution in [1.29, 1.82) is 0 Å². The van der Waals surface area contributed by atoms with Gasteiger partial charge in [0.15, 0.2) is 0 Å². The first-order valence-corrected chi connectivity index (χ1v) is 7.75. The van der Waals surface area contributed by atoms with Gasteiger partial charge in [-0.2, -0.15) is 0 Å². The molecule has 3 heteroatoms. The van der Waals surface area contributed by atoms with Crippen LogP contribution >= 0.6 is 0 Å². The Morgan fingerprint density at radius 2 is 1.95 bits per heavy atom. The predicted octanol–water partition coefficient (Wildman–Crippen LogP) is 2.67. The van der Waals surface area contributed by atoms with Crippen LogP contribution in [0.15, 0.2) is 42.5 Å². The SMILES string of the molecule is O=C(c1cccc2ccccc12)N1CCC2(CCNC2)C1. The van der Waals surface area contributed by atoms with Crippen LogP contribution in [-0.4, -0.2) is 37.0 Å². The van der Waals surface area contributed by atoms with Gasteiger partial charge in [0.1, 0.15) is 0 Å². The molecule has 2 saturated heterocycles. The van der Waals surface area contributed by atoms with Crippen LogP contribution in [0.1, 0.15) is 23.2 Å². The van der Waals surface area contributed by atoms with Crippen molar-refractivity contribution in [2.45, 2.75) is 12.8 Å². The quantitative estimate of drug-likeness (QED) is 0.871. The molecule has 2 heterocycles. The highest BCUT2D eigenvalue weighted by atomic mass is 16.2. The van der Waals surface area contributed by atoms with Crippen molar-refractivity contribution in [2.75, 3.05) is 26.2 Å². The van der Waals surface area contributed by atoms with E-state index in [1.807, 2.05) is 30.3 Å². The summed E-state index contributed by atoms with van der Waals surface area (Å²) >= 11 is 0. The van der Waals surface area contributed by atoms with E-state index < -0.39 is 0 Å². The number of nitrogens with zero attached hydrogens (tertiary/aromatic N) is 1. The van der Waals surface area contributed by atoms with Crippen LogP contribution in [0, 0.1) is 5.41 Å². The number of fused-ring (bicyclic) bond motifs is 1. The van der Waals surface area contributed by atoms with Crippen LogP contribution in [0.4, 0.5) is 0 Å². The van der Waals surface area contributed by atoms with Crippen molar-refractivity contribution in [2.24, 2.45) is 5.41 Å². The smallest absolute Gasteiger partial charge is 0.254 e. The maximum absolute atomic E-state index is 12.9. The highest BCUT2D eigenvalue weighted by molar-refractivity contribution is 6.07. The minimum Gasteiger partial charge on any atom is -0.338 e. The molecule has 0 bridgehead atoms. The summed E-state index contributed by atoms with van der Waals surface area (Å²) in [6.07, 6.45) is 2.34. The van der Waals surface area contributed by atoms with E-state index in [1.165, 1.54) is 6.42 Å². The standard InChI is InChI=1S/C18H20N2O/c21-17(20-11-9-18(13-20)8-10-19-12-18)16-7-3-5-14-4-1-2-6-15(14)16/h1-7,19H,8-13H2. The maximum atomic E-state index is 12.9. The Hall–Kier alpha value is -1.87. The average Bonchev–Trinajstić information content (AvgIpc) is 3.17. The Morgan fingerprint density at radius 3 is 2.81 bits per heavy atom. The van der Waals surface area contributed by atoms with Crippen LogP contribution in [0.25, 0.3) is 10.8 Å². The van der Waals surface area contributed by atoms with E-state index in [0.717, 1.165) is 48.9 Å². The van der Waals surface area contributed by atoms with Gasteiger partial charge in [0, 0.05) is 30.6 Å². The summed E-state index contributed by atoms with van der Waals surface area (Å²) in [6, 6.07) is 14.2. The molecule has 0 aliphatic carbocycles. The molecule has 0 saturated carbocycles. The molecule has 1 N–H and O–H groups in total. The Balaban J connectivity index is 1.65. The predicted molar refractivity (Wildman–Crippen MR) is 84.4 cm³/mol. The van der Waals surface area contributed by atoms with Crippen molar-refractivity contribution in [3.8, 4) is 0 Å². The summed E-state index contributed by atoms with van der Waals surface area (Å²) in [5.74, 6) is 0.190. The molecule has 4 rings (SSSR count). The normalized spacial score (nSPS) is 25.0. The minimum atomic E-state index is 0.190. The first kappa shape index (κ1) is 12.8. The molecule has 2 fully saturated rings. The zero-order chi connectivity index (χ0) is 14.3. The van der Waals surface area contributed by atoms with E-state index in [4.69, 9.17) is 0 Å². The van der Waals surface area contributed by atoms with Crippen molar-refractivity contribution in [3.05, 3.63) is 48.0 Å². The van der Waals surface area contributed by atoms with E-state index in [9.17, 15) is 4.79 Å². The number of likely N-dealkylation sites (tertiary alicyclic amines) is 1. The van der Waals surface area contributed by atoms with Crippen molar-refractivity contribution < 1.29 is 4.79 Å². The summed E-state index contributed by atoms with van der Waals surface area (Å²) in [7, 11) is 0. The van der Waals surface area contributed by atoms with Gasteiger partial charge in [-0.05, 0) is 36.2 Å². The Labute approximate surface area is 124 Å². The third-order valence-corrected chi connectivity index (χ3v) is 5.08. The fraction of sp³-hybridized carbons (Fsp3) is 0.389. The number of hydrogen-bond acceptors (Lipinski definition) is 2. The van der Waals surface area contributed by atoms with Gasteiger partial charge < -0.3 is 10.2 Å². The molecular formula is C18H20N2O. The van der Waals surface area contributed by atoms with Gasteiger partial charge in [-0.25, -0.2) is 0 Å². The molecule has 1 unspecified atom stereocenters. The highest BCUT2D eigenvalue weighted by Gasteiger charge is 2.42. The molecule has 21 heavy (non-hydrogen) atoms. The number of rotatable bonds is 1. The Kier molecular flexibility index (Phi) is 2.96. The van der Waals surface area contributed by atoms with Gasteiger partial charge in [-0.1, -0.05) is 36.4 Å². The van der Waals surface area contributed by atoms with Crippen LogP contribution < -0.4 is 5.32 Å². The molecule has 0 aromatic heterocycles. The van der Waals surface area contributed by atoms with Gasteiger partial charge in [0.05, 0.1) is 0 Å². The first-order chi connectivity index (χ1) is 10.3. The summed E-state index contributed by atoms with van der Waals surface area (Å²) < 4.78 is 0. The third kappa shape index (κ3) is 2.12. The van der Waals surface area contributed by atoms with E-state index in [0.29, 0.717) is 5.41 Å². The molecular weight excluding hydrogens is 260 g/mol. The molecule has 108 valence electrons. The molecule has 1 atom stereocenters. The number of carbonyl (C=O) groups excluding carboxylic acids is 1. The van der Waals surface area contributed by atoms with Gasteiger partial charge in [0.2, 0.25) is 0 Å². The summed E-state index contributed by atoms with van der Waals surface area (Å²) in [4.78, 5) is 15.0. The number of benzene rings is 2. The lowest BCUT2D eigenvalue weighted by molar-refractivity contribution is 0.0777. The summed E-state index contributed by atoms with van der Waals surface area (Å²) in [5.41, 5.74) is 1.18. The topological polar surface area (TPSA) is 32.3 Å². The van der Waals surface area contributed by atoms with Gasteiger partial charge >= 0.3 is 0 Å². The average molecular weight is 280 g/mol. The zero-order valence-corrected chi connectivity index (χ0v) is 12.1. The third-order valence-electron chi connectivity index (χ3n) is 5.08. The Bertz CT molecular complexity index is 683. The molecule has 1 amide bonds. The molecule has 3 nitrogen and oxygen atoms in total. The fourth-order valence-corrected chi connectivity index (χ4v) is 3.83. The van der Waals surface area contributed by atoms with E-state index in [-0.39, 0.29) is 5.91 Å². The van der Waals surface area contributed by atoms with E-state index in [1.54, 1.807) is 0 Å².